The lowest BCUT2D eigenvalue weighted by Gasteiger charge is -2.23. The number of carbonyl (C=O) groups excluding carboxylic acids is 1. The molecule has 140 valence electrons. The molecule has 7 heteroatoms. The number of guanidine groups is 1. The molecule has 1 amide bonds. The molecule has 0 bridgehead atoms. The molecule has 2 rings (SSSR count). The van der Waals surface area contributed by atoms with E-state index in [0.717, 1.165) is 64.0 Å². The number of nitrogens with one attached hydrogen (secondary N) is 2. The minimum Gasteiger partial charge on any atom is -0.357 e. The molecule has 2 aliphatic rings. The van der Waals surface area contributed by atoms with Crippen LogP contribution >= 0.6 is 24.0 Å². The van der Waals surface area contributed by atoms with Gasteiger partial charge in [-0.05, 0) is 46.6 Å². The number of carbonyl (C=O) groups is 1. The minimum atomic E-state index is 0. The Morgan fingerprint density at radius 3 is 2.75 bits per heavy atom. The maximum atomic E-state index is 11.6. The summed E-state index contributed by atoms with van der Waals surface area (Å²) < 4.78 is 0. The quantitative estimate of drug-likeness (QED) is 0.242. The Morgan fingerprint density at radius 2 is 2.17 bits per heavy atom. The van der Waals surface area contributed by atoms with Gasteiger partial charge in [-0.3, -0.25) is 14.7 Å². The van der Waals surface area contributed by atoms with Crippen molar-refractivity contribution >= 4 is 35.8 Å². The monoisotopic (exact) mass is 451 g/mol. The van der Waals surface area contributed by atoms with Crippen LogP contribution < -0.4 is 10.6 Å². The molecule has 1 heterocycles. The smallest absolute Gasteiger partial charge is 0.222 e. The van der Waals surface area contributed by atoms with Crippen LogP contribution in [0, 0.1) is 0 Å². The lowest BCUT2D eigenvalue weighted by atomic mass is 10.3. The van der Waals surface area contributed by atoms with Crippen LogP contribution in [0.1, 0.15) is 46.0 Å². The van der Waals surface area contributed by atoms with E-state index in [4.69, 9.17) is 4.99 Å². The van der Waals surface area contributed by atoms with Crippen molar-refractivity contribution in [2.75, 3.05) is 39.8 Å². The van der Waals surface area contributed by atoms with Gasteiger partial charge in [-0.15, -0.1) is 24.0 Å². The molecule has 0 aromatic carbocycles. The summed E-state index contributed by atoms with van der Waals surface area (Å²) in [6, 6.07) is 1.24. The van der Waals surface area contributed by atoms with E-state index in [1.165, 1.54) is 12.8 Å². The number of halogens is 1. The van der Waals surface area contributed by atoms with Crippen molar-refractivity contribution in [3.63, 3.8) is 0 Å². The van der Waals surface area contributed by atoms with E-state index in [1.807, 2.05) is 4.90 Å². The third kappa shape index (κ3) is 7.13. The first kappa shape index (κ1) is 21.5. The lowest BCUT2D eigenvalue weighted by molar-refractivity contribution is -0.127. The fourth-order valence-electron chi connectivity index (χ4n) is 2.95. The molecule has 0 aromatic rings. The van der Waals surface area contributed by atoms with E-state index in [0.29, 0.717) is 11.9 Å². The highest BCUT2D eigenvalue weighted by Gasteiger charge is 2.28. The molecule has 1 aliphatic carbocycles. The summed E-state index contributed by atoms with van der Waals surface area (Å²) in [4.78, 5) is 20.7. The standard InChI is InChI=1S/C17H33N5O.HI/c1-4-18-17(20-13-14(2)21(3)15-8-9-15)19-10-6-12-22-11-5-7-16(22)23;/h14-15H,4-13H2,1-3H3,(H2,18,19,20);1H. The Bertz CT molecular complexity index is 414. The van der Waals surface area contributed by atoms with Crippen molar-refractivity contribution in [3.05, 3.63) is 0 Å². The van der Waals surface area contributed by atoms with Crippen LogP contribution in [0.4, 0.5) is 0 Å². The van der Waals surface area contributed by atoms with Crippen LogP contribution in [0.2, 0.25) is 0 Å². The van der Waals surface area contributed by atoms with Crippen LogP contribution in [0.15, 0.2) is 4.99 Å². The first-order valence-electron chi connectivity index (χ1n) is 9.13. The third-order valence-corrected chi connectivity index (χ3v) is 4.74. The van der Waals surface area contributed by atoms with Crippen molar-refractivity contribution in [1.29, 1.82) is 0 Å². The molecule has 6 nitrogen and oxygen atoms in total. The van der Waals surface area contributed by atoms with Gasteiger partial charge in [0.05, 0.1) is 6.54 Å². The van der Waals surface area contributed by atoms with E-state index >= 15 is 0 Å². The molecule has 1 unspecified atom stereocenters. The fourth-order valence-corrected chi connectivity index (χ4v) is 2.95. The molecule has 0 radical (unpaired) electrons. The topological polar surface area (TPSA) is 60.0 Å². The Hall–Kier alpha value is -0.570. The normalized spacial score (nSPS) is 19.4. The summed E-state index contributed by atoms with van der Waals surface area (Å²) in [7, 11) is 2.20. The van der Waals surface area contributed by atoms with Gasteiger partial charge in [0, 0.05) is 44.7 Å². The zero-order valence-electron chi connectivity index (χ0n) is 15.4. The highest BCUT2D eigenvalue weighted by atomic mass is 127. The summed E-state index contributed by atoms with van der Waals surface area (Å²) in [5.41, 5.74) is 0. The Labute approximate surface area is 163 Å². The molecule has 2 N–H and O–H groups in total. The number of aliphatic imine (C=N–C) groups is 1. The number of hydrogen-bond acceptors (Lipinski definition) is 3. The maximum Gasteiger partial charge on any atom is 0.222 e. The molecule has 2 fully saturated rings. The van der Waals surface area contributed by atoms with Crippen LogP contribution in [0.5, 0.6) is 0 Å². The molecule has 0 spiro atoms. The summed E-state index contributed by atoms with van der Waals surface area (Å²) in [6.45, 7) is 8.63. The molecule has 1 saturated heterocycles. The van der Waals surface area contributed by atoms with Crippen molar-refractivity contribution in [2.24, 2.45) is 4.99 Å². The summed E-state index contributed by atoms with van der Waals surface area (Å²) in [5.74, 6) is 1.19. The van der Waals surface area contributed by atoms with Gasteiger partial charge >= 0.3 is 0 Å². The number of nitrogens with zero attached hydrogens (tertiary/aromatic N) is 3. The largest absolute Gasteiger partial charge is 0.357 e. The molecule has 0 aromatic heterocycles. The van der Waals surface area contributed by atoms with Gasteiger partial charge in [-0.2, -0.15) is 0 Å². The van der Waals surface area contributed by atoms with Crippen LogP contribution in [0.3, 0.4) is 0 Å². The second-order valence-corrected chi connectivity index (χ2v) is 6.73. The Balaban J connectivity index is 0.00000288. The second kappa shape index (κ2) is 11.1. The van der Waals surface area contributed by atoms with E-state index in [2.05, 4.69) is 36.4 Å². The van der Waals surface area contributed by atoms with Gasteiger partial charge in [-0.25, -0.2) is 0 Å². The van der Waals surface area contributed by atoms with Gasteiger partial charge < -0.3 is 15.5 Å². The molecule has 1 saturated carbocycles. The first-order valence-corrected chi connectivity index (χ1v) is 9.13. The highest BCUT2D eigenvalue weighted by molar-refractivity contribution is 14.0. The molecular formula is C17H34IN5O. The van der Waals surface area contributed by atoms with E-state index < -0.39 is 0 Å². The maximum absolute atomic E-state index is 11.6. The number of rotatable bonds is 9. The predicted molar refractivity (Wildman–Crippen MR) is 110 cm³/mol. The van der Waals surface area contributed by atoms with Crippen molar-refractivity contribution in [1.82, 2.24) is 20.4 Å². The SMILES string of the molecule is CCNC(=NCC(C)N(C)C1CC1)NCCCN1CCCC1=O.I. The highest BCUT2D eigenvalue weighted by Crippen LogP contribution is 2.26. The van der Waals surface area contributed by atoms with Crippen molar-refractivity contribution < 1.29 is 4.79 Å². The average Bonchev–Trinajstić information content (AvgIpc) is 3.31. The number of hydrogen-bond donors (Lipinski definition) is 2. The van der Waals surface area contributed by atoms with Gasteiger partial charge in [0.15, 0.2) is 5.96 Å². The fraction of sp³-hybridized carbons (Fsp3) is 0.882. The third-order valence-electron chi connectivity index (χ3n) is 4.74. The van der Waals surface area contributed by atoms with Gasteiger partial charge in [0.25, 0.3) is 0 Å². The zero-order valence-corrected chi connectivity index (χ0v) is 17.7. The first-order chi connectivity index (χ1) is 11.1. The van der Waals surface area contributed by atoms with Crippen LogP contribution in [-0.2, 0) is 4.79 Å². The molecule has 24 heavy (non-hydrogen) atoms. The second-order valence-electron chi connectivity index (χ2n) is 6.73. The van der Waals surface area contributed by atoms with Crippen molar-refractivity contribution in [3.8, 4) is 0 Å². The molecule has 1 aliphatic heterocycles. The summed E-state index contributed by atoms with van der Waals surface area (Å²) in [6.07, 6.45) is 5.37. The lowest BCUT2D eigenvalue weighted by Crippen LogP contribution is -2.40. The van der Waals surface area contributed by atoms with Gasteiger partial charge in [-0.1, -0.05) is 0 Å². The number of amides is 1. The van der Waals surface area contributed by atoms with Gasteiger partial charge in [0.2, 0.25) is 5.91 Å². The van der Waals surface area contributed by atoms with Gasteiger partial charge in [0.1, 0.15) is 0 Å². The van der Waals surface area contributed by atoms with E-state index in [9.17, 15) is 4.79 Å². The predicted octanol–water partition coefficient (Wildman–Crippen LogP) is 1.65. The van der Waals surface area contributed by atoms with E-state index in [1.54, 1.807) is 0 Å². The summed E-state index contributed by atoms with van der Waals surface area (Å²) in [5, 5.41) is 6.68. The average molecular weight is 451 g/mol. The van der Waals surface area contributed by atoms with Crippen LogP contribution in [0.25, 0.3) is 0 Å². The minimum absolute atomic E-state index is 0. The zero-order chi connectivity index (χ0) is 16.7. The molecular weight excluding hydrogens is 417 g/mol. The van der Waals surface area contributed by atoms with Crippen LogP contribution in [-0.4, -0.2) is 73.5 Å². The molecule has 1 atom stereocenters. The summed E-state index contributed by atoms with van der Waals surface area (Å²) >= 11 is 0. The number of likely N-dealkylation sites (N-methyl/N-ethyl adjacent to an activating group) is 1. The van der Waals surface area contributed by atoms with E-state index in [-0.39, 0.29) is 24.0 Å². The Kier molecular flexibility index (Phi) is 9.95. The Morgan fingerprint density at radius 1 is 1.42 bits per heavy atom. The number of likely N-dealkylation sites (tertiary alicyclic amines) is 1. The van der Waals surface area contributed by atoms with Crippen molar-refractivity contribution in [2.45, 2.75) is 58.0 Å².